The Bertz CT molecular complexity index is 417. The van der Waals surface area contributed by atoms with Gasteiger partial charge in [0.15, 0.2) is 0 Å². The van der Waals surface area contributed by atoms with Crippen LogP contribution in [-0.4, -0.2) is 19.1 Å². The molecule has 2 rings (SSSR count). The fraction of sp³-hybridized carbons (Fsp3) is 0.417. The summed E-state index contributed by atoms with van der Waals surface area (Å²) in [7, 11) is 1.55. The molecule has 16 heavy (non-hydrogen) atoms. The standard InChI is InChI=1S/C12H16N2O2/c1-7-5-10(7)14-12(15)8-3-4-11(16-2)9(13)6-8/h3-4,6-7,10H,5,13H2,1-2H3,(H,14,15). The molecule has 0 spiro atoms. The summed E-state index contributed by atoms with van der Waals surface area (Å²) in [5.41, 5.74) is 6.80. The molecule has 1 aromatic rings. The van der Waals surface area contributed by atoms with Gasteiger partial charge in [0.25, 0.3) is 5.91 Å². The fourth-order valence-corrected chi connectivity index (χ4v) is 1.65. The van der Waals surface area contributed by atoms with Gasteiger partial charge in [0, 0.05) is 11.6 Å². The molecule has 1 aromatic carbocycles. The van der Waals surface area contributed by atoms with Crippen molar-refractivity contribution < 1.29 is 9.53 Å². The molecule has 0 heterocycles. The van der Waals surface area contributed by atoms with Crippen LogP contribution in [0.2, 0.25) is 0 Å². The molecule has 2 unspecified atom stereocenters. The van der Waals surface area contributed by atoms with Gasteiger partial charge in [0.2, 0.25) is 0 Å². The second-order valence-electron chi connectivity index (χ2n) is 4.25. The van der Waals surface area contributed by atoms with E-state index in [1.54, 1.807) is 25.3 Å². The van der Waals surface area contributed by atoms with E-state index in [-0.39, 0.29) is 5.91 Å². The largest absolute Gasteiger partial charge is 0.495 e. The van der Waals surface area contributed by atoms with E-state index in [0.717, 1.165) is 6.42 Å². The van der Waals surface area contributed by atoms with Crippen molar-refractivity contribution in [2.45, 2.75) is 19.4 Å². The highest BCUT2D eigenvalue weighted by Crippen LogP contribution is 2.29. The fourth-order valence-electron chi connectivity index (χ4n) is 1.65. The summed E-state index contributed by atoms with van der Waals surface area (Å²) in [6.45, 7) is 2.12. The van der Waals surface area contributed by atoms with Crippen LogP contribution in [0.15, 0.2) is 18.2 Å². The number of carbonyl (C=O) groups is 1. The number of hydrogen-bond donors (Lipinski definition) is 2. The number of hydrogen-bond acceptors (Lipinski definition) is 3. The van der Waals surface area contributed by atoms with Gasteiger partial charge < -0.3 is 15.8 Å². The smallest absolute Gasteiger partial charge is 0.251 e. The lowest BCUT2D eigenvalue weighted by Gasteiger charge is -2.07. The molecule has 1 aliphatic carbocycles. The van der Waals surface area contributed by atoms with Gasteiger partial charge in [0.05, 0.1) is 12.8 Å². The summed E-state index contributed by atoms with van der Waals surface area (Å²) in [4.78, 5) is 11.8. The highest BCUT2D eigenvalue weighted by Gasteiger charge is 2.33. The summed E-state index contributed by atoms with van der Waals surface area (Å²) in [6.07, 6.45) is 1.07. The van der Waals surface area contributed by atoms with Gasteiger partial charge in [-0.05, 0) is 30.5 Å². The molecule has 0 saturated heterocycles. The van der Waals surface area contributed by atoms with E-state index in [0.29, 0.717) is 29.0 Å². The number of nitrogen functional groups attached to an aromatic ring is 1. The molecule has 0 aliphatic heterocycles. The summed E-state index contributed by atoms with van der Waals surface area (Å²) in [6, 6.07) is 5.40. The van der Waals surface area contributed by atoms with Gasteiger partial charge in [-0.3, -0.25) is 4.79 Å². The maximum Gasteiger partial charge on any atom is 0.251 e. The second-order valence-corrected chi connectivity index (χ2v) is 4.25. The quantitative estimate of drug-likeness (QED) is 0.757. The van der Waals surface area contributed by atoms with E-state index in [4.69, 9.17) is 10.5 Å². The van der Waals surface area contributed by atoms with Crippen molar-refractivity contribution in [3.05, 3.63) is 23.8 Å². The SMILES string of the molecule is COc1ccc(C(=O)NC2CC2C)cc1N. The Balaban J connectivity index is 2.08. The Hall–Kier alpha value is -1.71. The molecule has 3 N–H and O–H groups in total. The highest BCUT2D eigenvalue weighted by atomic mass is 16.5. The molecule has 0 bridgehead atoms. The zero-order chi connectivity index (χ0) is 11.7. The van der Waals surface area contributed by atoms with Gasteiger partial charge in [-0.15, -0.1) is 0 Å². The van der Waals surface area contributed by atoms with E-state index in [1.165, 1.54) is 0 Å². The molecule has 2 atom stereocenters. The molecule has 1 saturated carbocycles. The number of amides is 1. The van der Waals surface area contributed by atoms with Crippen molar-refractivity contribution in [3.63, 3.8) is 0 Å². The number of nitrogens with two attached hydrogens (primary N) is 1. The lowest BCUT2D eigenvalue weighted by Crippen LogP contribution is -2.26. The highest BCUT2D eigenvalue weighted by molar-refractivity contribution is 5.95. The van der Waals surface area contributed by atoms with Crippen molar-refractivity contribution in [1.82, 2.24) is 5.32 Å². The molecule has 1 amide bonds. The van der Waals surface area contributed by atoms with Gasteiger partial charge in [-0.1, -0.05) is 6.92 Å². The molecule has 0 radical (unpaired) electrons. The Morgan fingerprint density at radius 3 is 2.75 bits per heavy atom. The Labute approximate surface area is 94.8 Å². The average Bonchev–Trinajstić information content (AvgIpc) is 2.94. The number of ether oxygens (including phenoxy) is 1. The van der Waals surface area contributed by atoms with E-state index in [9.17, 15) is 4.79 Å². The van der Waals surface area contributed by atoms with Crippen molar-refractivity contribution in [2.75, 3.05) is 12.8 Å². The third-order valence-corrected chi connectivity index (χ3v) is 2.92. The number of methoxy groups -OCH3 is 1. The lowest BCUT2D eigenvalue weighted by atomic mass is 10.1. The van der Waals surface area contributed by atoms with E-state index in [1.807, 2.05) is 0 Å². The first kappa shape index (κ1) is 10.8. The second kappa shape index (κ2) is 4.04. The van der Waals surface area contributed by atoms with Gasteiger partial charge >= 0.3 is 0 Å². The van der Waals surface area contributed by atoms with Crippen molar-refractivity contribution in [1.29, 1.82) is 0 Å². The minimum atomic E-state index is -0.0660. The minimum absolute atomic E-state index is 0.0660. The summed E-state index contributed by atoms with van der Waals surface area (Å²) < 4.78 is 5.03. The van der Waals surface area contributed by atoms with Crippen LogP contribution in [0.1, 0.15) is 23.7 Å². The predicted octanol–water partition coefficient (Wildman–Crippen LogP) is 1.42. The van der Waals surface area contributed by atoms with Crippen LogP contribution in [-0.2, 0) is 0 Å². The maximum atomic E-state index is 11.8. The monoisotopic (exact) mass is 220 g/mol. The zero-order valence-electron chi connectivity index (χ0n) is 9.49. The van der Waals surface area contributed by atoms with E-state index < -0.39 is 0 Å². The Morgan fingerprint density at radius 2 is 2.25 bits per heavy atom. The van der Waals surface area contributed by atoms with Crippen molar-refractivity contribution in [3.8, 4) is 5.75 Å². The van der Waals surface area contributed by atoms with Crippen LogP contribution in [0.25, 0.3) is 0 Å². The zero-order valence-corrected chi connectivity index (χ0v) is 9.49. The van der Waals surface area contributed by atoms with Gasteiger partial charge in [-0.2, -0.15) is 0 Å². The first-order valence-corrected chi connectivity index (χ1v) is 5.36. The van der Waals surface area contributed by atoms with Crippen LogP contribution < -0.4 is 15.8 Å². The Morgan fingerprint density at radius 1 is 1.56 bits per heavy atom. The van der Waals surface area contributed by atoms with E-state index >= 15 is 0 Å². The van der Waals surface area contributed by atoms with Crippen LogP contribution in [0.4, 0.5) is 5.69 Å². The average molecular weight is 220 g/mol. The topological polar surface area (TPSA) is 64.3 Å². The summed E-state index contributed by atoms with van der Waals surface area (Å²) >= 11 is 0. The molecule has 0 aromatic heterocycles. The summed E-state index contributed by atoms with van der Waals surface area (Å²) in [5.74, 6) is 1.12. The van der Waals surface area contributed by atoms with Gasteiger partial charge in [-0.25, -0.2) is 0 Å². The predicted molar refractivity (Wildman–Crippen MR) is 62.4 cm³/mol. The van der Waals surface area contributed by atoms with E-state index in [2.05, 4.69) is 12.2 Å². The number of nitrogens with one attached hydrogen (secondary N) is 1. The normalized spacial score (nSPS) is 22.6. The number of carbonyl (C=O) groups excluding carboxylic acids is 1. The minimum Gasteiger partial charge on any atom is -0.495 e. The third kappa shape index (κ3) is 2.10. The Kier molecular flexibility index (Phi) is 2.73. The first-order chi connectivity index (χ1) is 7.61. The lowest BCUT2D eigenvalue weighted by molar-refractivity contribution is 0.0949. The molecular formula is C12H16N2O2. The maximum absolute atomic E-state index is 11.8. The van der Waals surface area contributed by atoms with Crippen molar-refractivity contribution in [2.24, 2.45) is 5.92 Å². The van der Waals surface area contributed by atoms with Crippen LogP contribution in [0, 0.1) is 5.92 Å². The number of rotatable bonds is 3. The molecule has 1 aliphatic rings. The summed E-state index contributed by atoms with van der Waals surface area (Å²) in [5, 5.41) is 2.95. The first-order valence-electron chi connectivity index (χ1n) is 5.36. The molecule has 86 valence electrons. The van der Waals surface area contributed by atoms with Crippen molar-refractivity contribution >= 4 is 11.6 Å². The molecule has 1 fully saturated rings. The number of benzene rings is 1. The molecular weight excluding hydrogens is 204 g/mol. The third-order valence-electron chi connectivity index (χ3n) is 2.92. The number of anilines is 1. The molecule has 4 nitrogen and oxygen atoms in total. The van der Waals surface area contributed by atoms with Crippen LogP contribution >= 0.6 is 0 Å². The molecule has 4 heteroatoms. The van der Waals surface area contributed by atoms with Crippen LogP contribution in [0.5, 0.6) is 5.75 Å². The van der Waals surface area contributed by atoms with Gasteiger partial charge in [0.1, 0.15) is 5.75 Å². The van der Waals surface area contributed by atoms with Crippen LogP contribution in [0.3, 0.4) is 0 Å².